The van der Waals surface area contributed by atoms with E-state index in [2.05, 4.69) is 61.2 Å². The molecule has 2 aliphatic rings. The number of carbonyl (C=O) groups excluding carboxylic acids is 2. The van der Waals surface area contributed by atoms with Gasteiger partial charge in [0.25, 0.3) is 0 Å². The summed E-state index contributed by atoms with van der Waals surface area (Å²) in [7, 11) is 0. The minimum atomic E-state index is -0.196. The number of anilines is 3. The van der Waals surface area contributed by atoms with Gasteiger partial charge < -0.3 is 0 Å². The van der Waals surface area contributed by atoms with Gasteiger partial charge >= 0.3 is 0 Å². The molecule has 0 bridgehead atoms. The molecule has 0 unspecified atom stereocenters. The number of ketones is 2. The first kappa shape index (κ1) is 23.5. The fraction of sp³-hybridized carbons (Fsp3) is 0.0882. The van der Waals surface area contributed by atoms with Crippen molar-refractivity contribution in [3.63, 3.8) is 0 Å². The van der Waals surface area contributed by atoms with E-state index in [1.807, 2.05) is 48.7 Å². The number of carbonyl (C=O) groups is 2. The van der Waals surface area contributed by atoms with Crippen molar-refractivity contribution >= 4 is 77.0 Å². The largest absolute Gasteiger partial charge is 0.288 e. The van der Waals surface area contributed by atoms with E-state index in [4.69, 9.17) is 4.98 Å². The van der Waals surface area contributed by atoms with E-state index >= 15 is 0 Å². The summed E-state index contributed by atoms with van der Waals surface area (Å²) in [4.78, 5) is 34.5. The summed E-state index contributed by atoms with van der Waals surface area (Å²) in [5.74, 6) is 0.562. The Labute approximate surface area is 238 Å². The maximum atomic E-state index is 13.3. The van der Waals surface area contributed by atoms with Crippen LogP contribution in [0.1, 0.15) is 50.6 Å². The molecule has 3 aromatic heterocycles. The summed E-state index contributed by atoms with van der Waals surface area (Å²) >= 11 is 3.30. The van der Waals surface area contributed by atoms with Crippen LogP contribution in [0.3, 0.4) is 0 Å². The van der Waals surface area contributed by atoms with Crippen molar-refractivity contribution in [1.29, 1.82) is 0 Å². The van der Waals surface area contributed by atoms with E-state index in [1.165, 1.54) is 11.1 Å². The van der Waals surface area contributed by atoms with Gasteiger partial charge in [-0.3, -0.25) is 14.5 Å². The number of pyridine rings is 1. The van der Waals surface area contributed by atoms with Gasteiger partial charge in [0.05, 0.1) is 11.3 Å². The average molecular weight is 555 g/mol. The maximum Gasteiger partial charge on any atom is 0.197 e. The van der Waals surface area contributed by atoms with Crippen LogP contribution in [0.25, 0.3) is 26.2 Å². The van der Waals surface area contributed by atoms with Crippen molar-refractivity contribution in [2.24, 2.45) is 0 Å². The molecule has 0 saturated carbocycles. The van der Waals surface area contributed by atoms with Crippen LogP contribution in [0, 0.1) is 0 Å². The zero-order chi connectivity index (χ0) is 27.2. The number of aromatic nitrogens is 1. The molecule has 40 heavy (non-hydrogen) atoms. The Morgan fingerprint density at radius 1 is 0.750 bits per heavy atom. The minimum Gasteiger partial charge on any atom is -0.288 e. The zero-order valence-electron chi connectivity index (χ0n) is 21.8. The summed E-state index contributed by atoms with van der Waals surface area (Å²) < 4.78 is 2.24. The first-order chi connectivity index (χ1) is 19.4. The molecule has 6 aromatic rings. The molecule has 6 heteroatoms. The highest BCUT2D eigenvalue weighted by atomic mass is 32.1. The topological polar surface area (TPSA) is 50.3 Å². The molecule has 4 nitrogen and oxygen atoms in total. The van der Waals surface area contributed by atoms with Crippen LogP contribution in [0.15, 0.2) is 96.7 Å². The molecule has 1 aliphatic heterocycles. The summed E-state index contributed by atoms with van der Waals surface area (Å²) in [6, 6.07) is 28.5. The lowest BCUT2D eigenvalue weighted by molar-refractivity contribution is 0.0990. The molecule has 192 valence electrons. The third-order valence-electron chi connectivity index (χ3n) is 8.07. The standard InChI is InChI=1S/C34H22N2O2S2/c1-34(2)25-10-5-6-12-27(25)36(33-26(34)11-7-13-35-33)30-18-29-28(40-30)17-21(39-29)16-24-31(37)22-14-19-8-3-4-9-20(19)15-23(22)32(24)38/h3-18H,1-2H3. The number of thiophene rings is 2. The number of allylic oxidation sites excluding steroid dienone is 1. The van der Waals surface area contributed by atoms with Crippen molar-refractivity contribution in [3.05, 3.63) is 124 Å². The molecule has 0 fully saturated rings. The normalized spacial score (nSPS) is 15.4. The van der Waals surface area contributed by atoms with E-state index in [9.17, 15) is 9.59 Å². The molecule has 3 aromatic carbocycles. The first-order valence-electron chi connectivity index (χ1n) is 13.1. The molecular formula is C34H22N2O2S2. The zero-order valence-corrected chi connectivity index (χ0v) is 23.4. The second-order valence-electron chi connectivity index (χ2n) is 10.8. The number of hydrogen-bond acceptors (Lipinski definition) is 6. The van der Waals surface area contributed by atoms with Gasteiger partial charge in [0.2, 0.25) is 0 Å². The molecule has 0 atom stereocenters. The number of hydrogen-bond donors (Lipinski definition) is 0. The number of fused-ring (bicyclic) bond motifs is 5. The highest BCUT2D eigenvalue weighted by Gasteiger charge is 2.38. The van der Waals surface area contributed by atoms with Gasteiger partial charge in [0.1, 0.15) is 10.8 Å². The molecule has 8 rings (SSSR count). The predicted octanol–water partition coefficient (Wildman–Crippen LogP) is 9.08. The van der Waals surface area contributed by atoms with E-state index in [-0.39, 0.29) is 22.6 Å². The highest BCUT2D eigenvalue weighted by molar-refractivity contribution is 7.30. The first-order valence-corrected chi connectivity index (χ1v) is 14.8. The maximum absolute atomic E-state index is 13.3. The predicted molar refractivity (Wildman–Crippen MR) is 165 cm³/mol. The number of Topliss-reactive ketones (excluding diaryl/α,β-unsaturated/α-hetero) is 2. The van der Waals surface area contributed by atoms with Gasteiger partial charge in [0, 0.05) is 42.6 Å². The summed E-state index contributed by atoms with van der Waals surface area (Å²) in [5.41, 5.74) is 4.67. The van der Waals surface area contributed by atoms with Crippen LogP contribution in [0.4, 0.5) is 16.5 Å². The van der Waals surface area contributed by atoms with E-state index in [0.717, 1.165) is 41.6 Å². The lowest BCUT2D eigenvalue weighted by Crippen LogP contribution is -2.30. The van der Waals surface area contributed by atoms with Gasteiger partial charge in [-0.2, -0.15) is 0 Å². The molecule has 0 spiro atoms. The number of para-hydroxylation sites is 1. The SMILES string of the molecule is CC1(C)c2ccccc2N(c2cc3sc(C=C4C(=O)c5cc6ccccc6cc5C4=O)cc3s2)c2ncccc21. The molecule has 0 amide bonds. The van der Waals surface area contributed by atoms with Crippen molar-refractivity contribution in [2.45, 2.75) is 19.3 Å². The van der Waals surface area contributed by atoms with Crippen LogP contribution in [-0.4, -0.2) is 16.6 Å². The van der Waals surface area contributed by atoms with Gasteiger partial charge in [-0.25, -0.2) is 4.98 Å². The van der Waals surface area contributed by atoms with Crippen LogP contribution in [-0.2, 0) is 5.41 Å². The number of rotatable bonds is 2. The summed E-state index contributed by atoms with van der Waals surface area (Å²) in [6.07, 6.45) is 3.62. The second-order valence-corrected chi connectivity index (χ2v) is 13.0. The lowest BCUT2D eigenvalue weighted by atomic mass is 9.75. The van der Waals surface area contributed by atoms with Crippen LogP contribution < -0.4 is 4.90 Å². The Balaban J connectivity index is 1.19. The Morgan fingerprint density at radius 3 is 2.12 bits per heavy atom. The molecule has 0 saturated heterocycles. The fourth-order valence-corrected chi connectivity index (χ4v) is 8.41. The van der Waals surface area contributed by atoms with E-state index < -0.39 is 0 Å². The molecular weight excluding hydrogens is 533 g/mol. The van der Waals surface area contributed by atoms with Gasteiger partial charge in [0.15, 0.2) is 11.6 Å². The quantitative estimate of drug-likeness (QED) is 0.158. The molecule has 1 aliphatic carbocycles. The third kappa shape index (κ3) is 3.27. The smallest absolute Gasteiger partial charge is 0.197 e. The number of nitrogens with zero attached hydrogens (tertiary/aromatic N) is 2. The van der Waals surface area contributed by atoms with Crippen molar-refractivity contribution in [2.75, 3.05) is 4.90 Å². The van der Waals surface area contributed by atoms with Crippen LogP contribution in [0.2, 0.25) is 0 Å². The average Bonchev–Trinajstić information content (AvgIpc) is 3.59. The Kier molecular flexibility index (Phi) is 4.88. The summed E-state index contributed by atoms with van der Waals surface area (Å²) in [5, 5.41) is 3.02. The molecule has 0 radical (unpaired) electrons. The minimum absolute atomic E-state index is 0.158. The fourth-order valence-electron chi connectivity index (χ4n) is 6.05. The van der Waals surface area contributed by atoms with Crippen molar-refractivity contribution in [3.8, 4) is 0 Å². The lowest BCUT2D eigenvalue weighted by Gasteiger charge is -2.40. The highest BCUT2D eigenvalue weighted by Crippen LogP contribution is 2.53. The van der Waals surface area contributed by atoms with Crippen molar-refractivity contribution < 1.29 is 9.59 Å². The molecule has 4 heterocycles. The Morgan fingerprint density at radius 2 is 1.40 bits per heavy atom. The molecule has 0 N–H and O–H groups in total. The van der Waals surface area contributed by atoms with Crippen molar-refractivity contribution in [1.82, 2.24) is 4.98 Å². The monoisotopic (exact) mass is 554 g/mol. The Hall–Kier alpha value is -4.39. The van der Waals surface area contributed by atoms with E-state index in [1.54, 1.807) is 28.7 Å². The van der Waals surface area contributed by atoms with Gasteiger partial charge in [-0.15, -0.1) is 22.7 Å². The van der Waals surface area contributed by atoms with Crippen LogP contribution in [0.5, 0.6) is 0 Å². The van der Waals surface area contributed by atoms with Crippen LogP contribution >= 0.6 is 22.7 Å². The second kappa shape index (κ2) is 8.31. The third-order valence-corrected chi connectivity index (χ3v) is 10.3. The van der Waals surface area contributed by atoms with E-state index in [0.29, 0.717) is 11.1 Å². The summed E-state index contributed by atoms with van der Waals surface area (Å²) in [6.45, 7) is 4.51. The number of benzene rings is 3. The van der Waals surface area contributed by atoms with Gasteiger partial charge in [-0.05, 0) is 58.8 Å². The Bertz CT molecular complexity index is 1960. The van der Waals surface area contributed by atoms with Gasteiger partial charge in [-0.1, -0.05) is 62.4 Å².